The Balaban J connectivity index is 1.43. The lowest BCUT2D eigenvalue weighted by Gasteiger charge is -2.36. The molecule has 1 aliphatic heterocycles. The number of allylic oxidation sites excluding steroid dienone is 1. The first-order valence-corrected chi connectivity index (χ1v) is 12.1. The Morgan fingerprint density at radius 3 is 2.63 bits per heavy atom. The molecule has 3 unspecified atom stereocenters. The molecule has 7 heteroatoms. The van der Waals surface area contributed by atoms with E-state index < -0.39 is 12.0 Å². The standard InChI is InChI=1S/C28H33N3O4/c1-2-7-20(14-27(34)31-16-21-9-4-3-8-19(21)13-24(31)18-33)28(35)30-23(17-32)12-22-15-29-26-11-6-5-10-25(22)26/h2-6,8-11,15,20,23-24,29,32-33H,1,7,12-14,16-18H2,(H,30,35). The molecule has 35 heavy (non-hydrogen) atoms. The summed E-state index contributed by atoms with van der Waals surface area (Å²) in [6.45, 7) is 3.84. The van der Waals surface area contributed by atoms with Gasteiger partial charge in [0.05, 0.1) is 31.2 Å². The van der Waals surface area contributed by atoms with Crippen LogP contribution in [0, 0.1) is 5.92 Å². The second-order valence-corrected chi connectivity index (χ2v) is 9.21. The Morgan fingerprint density at radius 2 is 1.89 bits per heavy atom. The van der Waals surface area contributed by atoms with Gasteiger partial charge in [-0.15, -0.1) is 6.58 Å². The molecule has 1 aromatic heterocycles. The second-order valence-electron chi connectivity index (χ2n) is 9.21. The minimum Gasteiger partial charge on any atom is -0.394 e. The predicted molar refractivity (Wildman–Crippen MR) is 136 cm³/mol. The van der Waals surface area contributed by atoms with Crippen molar-refractivity contribution in [3.05, 3.63) is 84.1 Å². The molecule has 4 N–H and O–H groups in total. The van der Waals surface area contributed by atoms with Crippen molar-refractivity contribution in [3.63, 3.8) is 0 Å². The molecule has 0 radical (unpaired) electrons. The van der Waals surface area contributed by atoms with E-state index in [1.54, 1.807) is 11.0 Å². The number of H-pyrrole nitrogens is 1. The predicted octanol–water partition coefficient (Wildman–Crippen LogP) is 2.72. The molecule has 2 heterocycles. The third-order valence-electron chi connectivity index (χ3n) is 6.84. The van der Waals surface area contributed by atoms with E-state index in [9.17, 15) is 19.8 Å². The first-order valence-electron chi connectivity index (χ1n) is 12.1. The first-order chi connectivity index (χ1) is 17.0. The summed E-state index contributed by atoms with van der Waals surface area (Å²) >= 11 is 0. The van der Waals surface area contributed by atoms with Crippen LogP contribution >= 0.6 is 0 Å². The van der Waals surface area contributed by atoms with Gasteiger partial charge in [-0.3, -0.25) is 9.59 Å². The largest absolute Gasteiger partial charge is 0.394 e. The zero-order chi connectivity index (χ0) is 24.8. The third kappa shape index (κ3) is 5.63. The molecule has 3 aromatic rings. The molecule has 1 aliphatic rings. The normalized spacial score (nSPS) is 17.0. The van der Waals surface area contributed by atoms with Crippen molar-refractivity contribution in [3.8, 4) is 0 Å². The molecule has 2 aromatic carbocycles. The van der Waals surface area contributed by atoms with Crippen molar-refractivity contribution in [2.75, 3.05) is 13.2 Å². The number of rotatable bonds is 10. The molecule has 0 bridgehead atoms. The van der Waals surface area contributed by atoms with Gasteiger partial charge >= 0.3 is 0 Å². The molecule has 2 amide bonds. The summed E-state index contributed by atoms with van der Waals surface area (Å²) in [4.78, 5) is 31.3. The molecule has 7 nitrogen and oxygen atoms in total. The Hall–Kier alpha value is -3.42. The Labute approximate surface area is 205 Å². The highest BCUT2D eigenvalue weighted by Crippen LogP contribution is 2.25. The molecule has 0 saturated heterocycles. The van der Waals surface area contributed by atoms with Crippen LogP contribution in [-0.4, -0.2) is 57.2 Å². The maximum Gasteiger partial charge on any atom is 0.224 e. The molecule has 0 aliphatic carbocycles. The fourth-order valence-corrected chi connectivity index (χ4v) is 4.90. The number of carbonyl (C=O) groups is 2. The van der Waals surface area contributed by atoms with Gasteiger partial charge in [-0.05, 0) is 42.0 Å². The smallest absolute Gasteiger partial charge is 0.224 e. The lowest BCUT2D eigenvalue weighted by Crippen LogP contribution is -2.48. The minimum absolute atomic E-state index is 0.0156. The number of aromatic nitrogens is 1. The van der Waals surface area contributed by atoms with Crippen molar-refractivity contribution in [1.29, 1.82) is 0 Å². The molecule has 0 saturated carbocycles. The molecule has 0 fully saturated rings. The zero-order valence-electron chi connectivity index (χ0n) is 19.8. The number of para-hydroxylation sites is 1. The van der Waals surface area contributed by atoms with Gasteiger partial charge in [-0.25, -0.2) is 0 Å². The maximum atomic E-state index is 13.3. The van der Waals surface area contributed by atoms with Gasteiger partial charge in [0.25, 0.3) is 0 Å². The Kier molecular flexibility index (Phi) is 8.00. The number of nitrogens with one attached hydrogen (secondary N) is 2. The van der Waals surface area contributed by atoms with Crippen molar-refractivity contribution in [2.45, 2.75) is 44.3 Å². The summed E-state index contributed by atoms with van der Waals surface area (Å²) in [5.74, 6) is -1.05. The fourth-order valence-electron chi connectivity index (χ4n) is 4.90. The average molecular weight is 476 g/mol. The van der Waals surface area contributed by atoms with E-state index in [4.69, 9.17) is 0 Å². The summed E-state index contributed by atoms with van der Waals surface area (Å²) in [6, 6.07) is 15.0. The zero-order valence-corrected chi connectivity index (χ0v) is 19.8. The third-order valence-corrected chi connectivity index (χ3v) is 6.84. The monoisotopic (exact) mass is 475 g/mol. The van der Waals surface area contributed by atoms with Gasteiger partial charge < -0.3 is 25.4 Å². The molecule has 0 spiro atoms. The van der Waals surface area contributed by atoms with E-state index in [0.717, 1.165) is 27.6 Å². The molecule has 184 valence electrons. The number of hydrogen-bond donors (Lipinski definition) is 4. The van der Waals surface area contributed by atoms with Crippen LogP contribution in [0.3, 0.4) is 0 Å². The van der Waals surface area contributed by atoms with Crippen molar-refractivity contribution < 1.29 is 19.8 Å². The van der Waals surface area contributed by atoms with Crippen LogP contribution in [0.25, 0.3) is 10.9 Å². The lowest BCUT2D eigenvalue weighted by atomic mass is 9.92. The number of hydrogen-bond acceptors (Lipinski definition) is 4. The van der Waals surface area contributed by atoms with E-state index in [1.165, 1.54) is 0 Å². The number of fused-ring (bicyclic) bond motifs is 2. The summed E-state index contributed by atoms with van der Waals surface area (Å²) in [6.07, 6.45) is 4.96. The molecule has 3 atom stereocenters. The van der Waals surface area contributed by atoms with Gasteiger partial charge in [0.2, 0.25) is 11.8 Å². The van der Waals surface area contributed by atoms with Crippen molar-refractivity contribution in [1.82, 2.24) is 15.2 Å². The van der Waals surface area contributed by atoms with Gasteiger partial charge in [-0.1, -0.05) is 48.5 Å². The molecular formula is C28H33N3O4. The number of aliphatic hydroxyl groups excluding tert-OH is 2. The second kappa shape index (κ2) is 11.3. The van der Waals surface area contributed by atoms with Gasteiger partial charge in [0, 0.05) is 30.1 Å². The van der Waals surface area contributed by atoms with Crippen LogP contribution < -0.4 is 5.32 Å². The van der Waals surface area contributed by atoms with E-state index in [0.29, 0.717) is 25.8 Å². The van der Waals surface area contributed by atoms with E-state index >= 15 is 0 Å². The van der Waals surface area contributed by atoms with Gasteiger partial charge in [0.15, 0.2) is 0 Å². The van der Waals surface area contributed by atoms with Crippen LogP contribution in [-0.2, 0) is 29.0 Å². The Morgan fingerprint density at radius 1 is 1.14 bits per heavy atom. The first kappa shape index (κ1) is 24.7. The number of benzene rings is 2. The molecular weight excluding hydrogens is 442 g/mol. The summed E-state index contributed by atoms with van der Waals surface area (Å²) in [7, 11) is 0. The van der Waals surface area contributed by atoms with E-state index in [-0.39, 0.29) is 37.5 Å². The average Bonchev–Trinajstić information content (AvgIpc) is 3.29. The Bertz CT molecular complexity index is 1190. The van der Waals surface area contributed by atoms with Crippen LogP contribution in [0.15, 0.2) is 67.4 Å². The minimum atomic E-state index is -0.603. The van der Waals surface area contributed by atoms with Crippen LogP contribution in [0.1, 0.15) is 29.5 Å². The lowest BCUT2D eigenvalue weighted by molar-refractivity contribution is -0.140. The van der Waals surface area contributed by atoms with Crippen LogP contribution in [0.4, 0.5) is 0 Å². The fraction of sp³-hybridized carbons (Fsp3) is 0.357. The highest BCUT2D eigenvalue weighted by molar-refractivity contribution is 5.87. The van der Waals surface area contributed by atoms with Crippen LogP contribution in [0.2, 0.25) is 0 Å². The number of aromatic amines is 1. The van der Waals surface area contributed by atoms with Crippen LogP contribution in [0.5, 0.6) is 0 Å². The maximum absolute atomic E-state index is 13.3. The number of nitrogens with zero attached hydrogens (tertiary/aromatic N) is 1. The number of carbonyl (C=O) groups excluding carboxylic acids is 2. The van der Waals surface area contributed by atoms with Gasteiger partial charge in [0.1, 0.15) is 0 Å². The highest BCUT2D eigenvalue weighted by Gasteiger charge is 2.32. The quantitative estimate of drug-likeness (QED) is 0.338. The van der Waals surface area contributed by atoms with E-state index in [2.05, 4.69) is 16.9 Å². The van der Waals surface area contributed by atoms with E-state index in [1.807, 2.05) is 54.7 Å². The molecule has 4 rings (SSSR count). The van der Waals surface area contributed by atoms with Gasteiger partial charge in [-0.2, -0.15) is 0 Å². The number of amides is 2. The summed E-state index contributed by atoms with van der Waals surface area (Å²) < 4.78 is 0. The summed E-state index contributed by atoms with van der Waals surface area (Å²) in [5.41, 5.74) is 4.21. The van der Waals surface area contributed by atoms with Crippen molar-refractivity contribution in [2.24, 2.45) is 5.92 Å². The van der Waals surface area contributed by atoms with Crippen molar-refractivity contribution >= 4 is 22.7 Å². The number of aliphatic hydroxyl groups is 2. The SMILES string of the molecule is C=CCC(CC(=O)N1Cc2ccccc2CC1CO)C(=O)NC(CO)Cc1c[nH]c2ccccc12. The topological polar surface area (TPSA) is 106 Å². The highest BCUT2D eigenvalue weighted by atomic mass is 16.3. The summed E-state index contributed by atoms with van der Waals surface area (Å²) in [5, 5.41) is 23.9.